The highest BCUT2D eigenvalue weighted by Gasteiger charge is 2.14. The molecule has 0 bridgehead atoms. The minimum Gasteiger partial charge on any atom is -0.370 e. The minimum atomic E-state index is -0.245. The van der Waals surface area contributed by atoms with E-state index in [0.29, 0.717) is 12.5 Å². The van der Waals surface area contributed by atoms with Gasteiger partial charge in [-0.3, -0.25) is 4.99 Å². The lowest BCUT2D eigenvalue weighted by molar-refractivity contribution is 0.306. The molecule has 0 aliphatic heterocycles. The first kappa shape index (κ1) is 17.9. The fraction of sp³-hybridized carbons (Fsp3) is 0.316. The van der Waals surface area contributed by atoms with Crippen LogP contribution in [-0.2, 0) is 6.42 Å². The molecule has 0 fully saturated rings. The number of rotatable bonds is 6. The molecule has 1 unspecified atom stereocenters. The SMILES string of the molecule is CCc1cccc(NC(N)=NCC(c2cccc(F)c2)N(C)C)c1. The van der Waals surface area contributed by atoms with Gasteiger partial charge in [-0.1, -0.05) is 31.2 Å². The van der Waals surface area contributed by atoms with Gasteiger partial charge in [0, 0.05) is 5.69 Å². The predicted octanol–water partition coefficient (Wildman–Crippen LogP) is 3.42. The maximum absolute atomic E-state index is 13.5. The molecule has 2 aromatic carbocycles. The van der Waals surface area contributed by atoms with Crippen molar-refractivity contribution in [1.29, 1.82) is 0 Å². The third-order valence-corrected chi connectivity index (χ3v) is 3.90. The zero-order valence-electron chi connectivity index (χ0n) is 14.5. The molecule has 0 aliphatic rings. The van der Waals surface area contributed by atoms with Crippen molar-refractivity contribution < 1.29 is 4.39 Å². The Kier molecular flexibility index (Phi) is 6.32. The van der Waals surface area contributed by atoms with Crippen LogP contribution in [0, 0.1) is 5.82 Å². The zero-order chi connectivity index (χ0) is 17.5. The molecule has 4 nitrogen and oxygen atoms in total. The molecule has 0 radical (unpaired) electrons. The summed E-state index contributed by atoms with van der Waals surface area (Å²) in [5, 5.41) is 3.11. The van der Waals surface area contributed by atoms with E-state index in [1.54, 1.807) is 6.07 Å². The Hall–Kier alpha value is -2.40. The van der Waals surface area contributed by atoms with Crippen molar-refractivity contribution in [3.05, 3.63) is 65.5 Å². The number of benzene rings is 2. The molecule has 3 N–H and O–H groups in total. The van der Waals surface area contributed by atoms with Crippen molar-refractivity contribution in [2.75, 3.05) is 26.0 Å². The molecule has 24 heavy (non-hydrogen) atoms. The van der Waals surface area contributed by atoms with E-state index in [2.05, 4.69) is 29.4 Å². The molecule has 1 atom stereocenters. The maximum atomic E-state index is 13.5. The Labute approximate surface area is 143 Å². The zero-order valence-corrected chi connectivity index (χ0v) is 14.5. The van der Waals surface area contributed by atoms with Gasteiger partial charge in [-0.25, -0.2) is 4.39 Å². The summed E-state index contributed by atoms with van der Waals surface area (Å²) in [6.07, 6.45) is 0.967. The van der Waals surface area contributed by atoms with E-state index >= 15 is 0 Å². The van der Waals surface area contributed by atoms with Crippen molar-refractivity contribution in [2.24, 2.45) is 10.7 Å². The molecule has 0 aliphatic carbocycles. The average molecular weight is 328 g/mol. The Morgan fingerprint density at radius 1 is 1.21 bits per heavy atom. The summed E-state index contributed by atoms with van der Waals surface area (Å²) < 4.78 is 13.5. The number of guanidine groups is 1. The molecule has 0 saturated carbocycles. The highest BCUT2D eigenvalue weighted by molar-refractivity contribution is 5.92. The molecule has 5 heteroatoms. The summed E-state index contributed by atoms with van der Waals surface area (Å²) in [5.41, 5.74) is 9.03. The lowest BCUT2D eigenvalue weighted by Gasteiger charge is -2.23. The van der Waals surface area contributed by atoms with Crippen molar-refractivity contribution >= 4 is 11.6 Å². The number of likely N-dealkylation sites (N-methyl/N-ethyl adjacent to an activating group) is 1. The van der Waals surface area contributed by atoms with E-state index in [1.807, 2.05) is 37.2 Å². The maximum Gasteiger partial charge on any atom is 0.193 e. The second-order valence-corrected chi connectivity index (χ2v) is 5.94. The van der Waals surface area contributed by atoms with Crippen LogP contribution in [0.25, 0.3) is 0 Å². The number of nitrogens with one attached hydrogen (secondary N) is 1. The monoisotopic (exact) mass is 328 g/mol. The van der Waals surface area contributed by atoms with E-state index in [1.165, 1.54) is 17.7 Å². The van der Waals surface area contributed by atoms with Crippen molar-refractivity contribution in [3.63, 3.8) is 0 Å². The van der Waals surface area contributed by atoms with Gasteiger partial charge in [-0.15, -0.1) is 0 Å². The molecule has 0 amide bonds. The van der Waals surface area contributed by atoms with E-state index in [4.69, 9.17) is 5.73 Å². The summed E-state index contributed by atoms with van der Waals surface area (Å²) >= 11 is 0. The largest absolute Gasteiger partial charge is 0.370 e. The number of hydrogen-bond acceptors (Lipinski definition) is 2. The highest BCUT2D eigenvalue weighted by Crippen LogP contribution is 2.19. The summed E-state index contributed by atoms with van der Waals surface area (Å²) in [4.78, 5) is 6.43. The number of hydrogen-bond donors (Lipinski definition) is 2. The van der Waals surface area contributed by atoms with Gasteiger partial charge in [-0.2, -0.15) is 0 Å². The molecule has 128 valence electrons. The number of aryl methyl sites for hydroxylation is 1. The van der Waals surface area contributed by atoms with Gasteiger partial charge in [0.1, 0.15) is 5.82 Å². The van der Waals surface area contributed by atoms with Gasteiger partial charge in [0.2, 0.25) is 0 Å². The fourth-order valence-corrected chi connectivity index (χ4v) is 2.52. The van der Waals surface area contributed by atoms with Gasteiger partial charge in [-0.05, 0) is 55.9 Å². The van der Waals surface area contributed by atoms with Crippen molar-refractivity contribution in [2.45, 2.75) is 19.4 Å². The van der Waals surface area contributed by atoms with Crippen molar-refractivity contribution in [3.8, 4) is 0 Å². The third kappa shape index (κ3) is 5.06. The van der Waals surface area contributed by atoms with Gasteiger partial charge >= 0.3 is 0 Å². The number of nitrogens with two attached hydrogens (primary N) is 1. The van der Waals surface area contributed by atoms with Crippen LogP contribution in [0.15, 0.2) is 53.5 Å². The van der Waals surface area contributed by atoms with Gasteiger partial charge in [0.05, 0.1) is 12.6 Å². The van der Waals surface area contributed by atoms with Crippen LogP contribution in [-0.4, -0.2) is 31.5 Å². The van der Waals surface area contributed by atoms with E-state index < -0.39 is 0 Å². The minimum absolute atomic E-state index is 0.0389. The first-order chi connectivity index (χ1) is 11.5. The molecule has 2 rings (SSSR count). The van der Waals surface area contributed by atoms with Crippen LogP contribution in [0.5, 0.6) is 0 Å². The quantitative estimate of drug-likeness (QED) is 0.631. The van der Waals surface area contributed by atoms with E-state index in [-0.39, 0.29) is 11.9 Å². The van der Waals surface area contributed by atoms with E-state index in [0.717, 1.165) is 17.7 Å². The number of anilines is 1. The van der Waals surface area contributed by atoms with Crippen LogP contribution in [0.2, 0.25) is 0 Å². The fourth-order valence-electron chi connectivity index (χ4n) is 2.52. The summed E-state index contributed by atoms with van der Waals surface area (Å²) in [5.74, 6) is 0.109. The average Bonchev–Trinajstić information content (AvgIpc) is 2.55. The smallest absolute Gasteiger partial charge is 0.193 e. The Morgan fingerprint density at radius 2 is 1.96 bits per heavy atom. The lowest BCUT2D eigenvalue weighted by Crippen LogP contribution is -2.27. The number of nitrogens with zero attached hydrogens (tertiary/aromatic N) is 2. The van der Waals surface area contributed by atoms with E-state index in [9.17, 15) is 4.39 Å². The van der Waals surface area contributed by atoms with Gasteiger partial charge in [0.15, 0.2) is 5.96 Å². The first-order valence-electron chi connectivity index (χ1n) is 8.07. The summed E-state index contributed by atoms with van der Waals surface area (Å²) in [6, 6.07) is 14.6. The molecule has 0 saturated heterocycles. The number of halogens is 1. The predicted molar refractivity (Wildman–Crippen MR) is 98.8 cm³/mol. The van der Waals surface area contributed by atoms with Crippen LogP contribution in [0.3, 0.4) is 0 Å². The second-order valence-electron chi connectivity index (χ2n) is 5.94. The lowest BCUT2D eigenvalue weighted by atomic mass is 10.1. The topological polar surface area (TPSA) is 53.6 Å². The van der Waals surface area contributed by atoms with Crippen LogP contribution in [0.4, 0.5) is 10.1 Å². The Balaban J connectivity index is 2.08. The summed E-state index contributed by atoms with van der Waals surface area (Å²) in [6.45, 7) is 2.56. The molecule has 0 heterocycles. The van der Waals surface area contributed by atoms with Crippen LogP contribution in [0.1, 0.15) is 24.1 Å². The summed E-state index contributed by atoms with van der Waals surface area (Å²) in [7, 11) is 3.89. The van der Waals surface area contributed by atoms with Crippen LogP contribution < -0.4 is 11.1 Å². The molecule has 2 aromatic rings. The Morgan fingerprint density at radius 3 is 2.62 bits per heavy atom. The standard InChI is InChI=1S/C19H25FN4/c1-4-14-7-5-10-17(11-14)23-19(21)22-13-18(24(2)3)15-8-6-9-16(20)12-15/h5-12,18H,4,13H2,1-3H3,(H3,21,22,23). The van der Waals surface area contributed by atoms with Gasteiger partial charge < -0.3 is 16.0 Å². The first-order valence-corrected chi connectivity index (χ1v) is 8.07. The normalized spacial score (nSPS) is 13.1. The molecule has 0 spiro atoms. The number of aliphatic imine (C=N–C) groups is 1. The van der Waals surface area contributed by atoms with Crippen LogP contribution >= 0.6 is 0 Å². The molecular formula is C19H25FN4. The third-order valence-electron chi connectivity index (χ3n) is 3.90. The highest BCUT2D eigenvalue weighted by atomic mass is 19.1. The van der Waals surface area contributed by atoms with Gasteiger partial charge in [0.25, 0.3) is 0 Å². The second kappa shape index (κ2) is 8.45. The van der Waals surface area contributed by atoms with Crippen molar-refractivity contribution in [1.82, 2.24) is 4.90 Å². The Bertz CT molecular complexity index is 697. The molecule has 0 aromatic heterocycles. The molecular weight excluding hydrogens is 303 g/mol.